The highest BCUT2D eigenvalue weighted by Crippen LogP contribution is 2.26. The SMILES string of the molecule is CC(C)C1=CCC=C(c2ccnc(NS(=O)(=O)c3ccc(Cl)c(Cl)c3)n2)C=C1. The van der Waals surface area contributed by atoms with Gasteiger partial charge in [0.25, 0.3) is 10.0 Å². The van der Waals surface area contributed by atoms with E-state index in [9.17, 15) is 8.42 Å². The van der Waals surface area contributed by atoms with Gasteiger partial charge in [0.2, 0.25) is 5.95 Å². The van der Waals surface area contributed by atoms with Crippen molar-refractivity contribution in [3.63, 3.8) is 0 Å². The molecule has 0 atom stereocenters. The topological polar surface area (TPSA) is 72.0 Å². The van der Waals surface area contributed by atoms with E-state index in [1.54, 1.807) is 6.07 Å². The summed E-state index contributed by atoms with van der Waals surface area (Å²) in [7, 11) is -3.89. The summed E-state index contributed by atoms with van der Waals surface area (Å²) < 4.78 is 27.6. The van der Waals surface area contributed by atoms with Crippen LogP contribution in [0.4, 0.5) is 5.95 Å². The van der Waals surface area contributed by atoms with Crippen LogP contribution >= 0.6 is 23.2 Å². The first kappa shape index (κ1) is 20.6. The molecule has 0 spiro atoms. The minimum absolute atomic E-state index is 0.0147. The molecule has 0 saturated heterocycles. The molecule has 0 fully saturated rings. The van der Waals surface area contributed by atoms with Crippen LogP contribution in [0, 0.1) is 5.92 Å². The third kappa shape index (κ3) is 4.82. The van der Waals surface area contributed by atoms with Crippen LogP contribution in [0.25, 0.3) is 5.57 Å². The van der Waals surface area contributed by atoms with E-state index in [0.717, 1.165) is 12.0 Å². The fourth-order valence-electron chi connectivity index (χ4n) is 2.65. The molecule has 8 heteroatoms. The van der Waals surface area contributed by atoms with Crippen molar-refractivity contribution in [1.82, 2.24) is 9.97 Å². The van der Waals surface area contributed by atoms with Crippen LogP contribution < -0.4 is 4.72 Å². The number of nitrogens with one attached hydrogen (secondary N) is 1. The number of benzene rings is 1. The molecule has 1 aliphatic carbocycles. The molecular formula is C20H19Cl2N3O2S. The molecule has 1 aliphatic rings. The Kier molecular flexibility index (Phi) is 6.23. The van der Waals surface area contributed by atoms with Crippen molar-refractivity contribution >= 4 is 44.7 Å². The largest absolute Gasteiger partial charge is 0.264 e. The van der Waals surface area contributed by atoms with Gasteiger partial charge in [-0.25, -0.2) is 23.1 Å². The van der Waals surface area contributed by atoms with Crippen LogP contribution in [0.1, 0.15) is 26.0 Å². The molecule has 5 nitrogen and oxygen atoms in total. The van der Waals surface area contributed by atoms with Gasteiger partial charge < -0.3 is 0 Å². The van der Waals surface area contributed by atoms with Crippen LogP contribution in [0.2, 0.25) is 10.0 Å². The predicted molar refractivity (Wildman–Crippen MR) is 114 cm³/mol. The third-order valence-corrected chi connectivity index (χ3v) is 6.26. The van der Waals surface area contributed by atoms with Gasteiger partial charge in [0.15, 0.2) is 0 Å². The molecule has 146 valence electrons. The highest BCUT2D eigenvalue weighted by molar-refractivity contribution is 7.92. The summed E-state index contributed by atoms with van der Waals surface area (Å²) in [6, 6.07) is 5.82. The van der Waals surface area contributed by atoms with Crippen molar-refractivity contribution in [2.75, 3.05) is 4.72 Å². The lowest BCUT2D eigenvalue weighted by Gasteiger charge is -2.09. The van der Waals surface area contributed by atoms with Gasteiger partial charge >= 0.3 is 0 Å². The predicted octanol–water partition coefficient (Wildman–Crippen LogP) is 5.51. The monoisotopic (exact) mass is 435 g/mol. The van der Waals surface area contributed by atoms with Gasteiger partial charge in [-0.1, -0.05) is 61.4 Å². The van der Waals surface area contributed by atoms with E-state index in [-0.39, 0.29) is 20.9 Å². The first-order valence-corrected chi connectivity index (χ1v) is 10.9. The quantitative estimate of drug-likeness (QED) is 0.671. The van der Waals surface area contributed by atoms with Crippen molar-refractivity contribution in [1.29, 1.82) is 0 Å². The Bertz CT molecular complexity index is 1090. The van der Waals surface area contributed by atoms with Gasteiger partial charge in [-0.15, -0.1) is 0 Å². The molecule has 0 bridgehead atoms. The normalized spacial score (nSPS) is 14.5. The number of anilines is 1. The minimum atomic E-state index is -3.89. The summed E-state index contributed by atoms with van der Waals surface area (Å²) >= 11 is 11.8. The molecule has 0 aliphatic heterocycles. The van der Waals surface area contributed by atoms with E-state index in [0.29, 0.717) is 11.6 Å². The Morgan fingerprint density at radius 2 is 1.86 bits per heavy atom. The molecule has 1 aromatic carbocycles. The first-order chi connectivity index (χ1) is 13.3. The third-order valence-electron chi connectivity index (χ3n) is 4.19. The Labute approximate surface area is 174 Å². The molecule has 3 rings (SSSR count). The number of hydrogen-bond acceptors (Lipinski definition) is 4. The molecule has 0 amide bonds. The Morgan fingerprint density at radius 1 is 1.07 bits per heavy atom. The van der Waals surface area contributed by atoms with Gasteiger partial charge in [-0.05, 0) is 47.8 Å². The summed E-state index contributed by atoms with van der Waals surface area (Å²) in [6.07, 6.45) is 10.6. The second-order valence-electron chi connectivity index (χ2n) is 6.53. The van der Waals surface area contributed by atoms with Gasteiger partial charge in [-0.3, -0.25) is 0 Å². The fraction of sp³-hybridized carbons (Fsp3) is 0.200. The van der Waals surface area contributed by atoms with Crippen molar-refractivity contribution in [2.45, 2.75) is 25.2 Å². The maximum atomic E-state index is 12.6. The zero-order valence-electron chi connectivity index (χ0n) is 15.4. The van der Waals surface area contributed by atoms with Crippen molar-refractivity contribution in [3.05, 3.63) is 76.1 Å². The number of halogens is 2. The Balaban J connectivity index is 1.85. The summed E-state index contributed by atoms with van der Waals surface area (Å²) in [5.41, 5.74) is 2.79. The number of allylic oxidation sites excluding steroid dienone is 6. The molecular weight excluding hydrogens is 417 g/mol. The highest BCUT2D eigenvalue weighted by atomic mass is 35.5. The van der Waals surface area contributed by atoms with E-state index in [2.05, 4.69) is 40.7 Å². The fourth-order valence-corrected chi connectivity index (χ4v) is 3.99. The maximum absolute atomic E-state index is 12.6. The van der Waals surface area contributed by atoms with Gasteiger partial charge in [-0.2, -0.15) is 0 Å². The molecule has 0 radical (unpaired) electrons. The van der Waals surface area contributed by atoms with E-state index >= 15 is 0 Å². The second kappa shape index (κ2) is 8.47. The van der Waals surface area contributed by atoms with E-state index in [1.807, 2.05) is 12.2 Å². The molecule has 0 saturated carbocycles. The van der Waals surface area contributed by atoms with Crippen LogP contribution in [-0.4, -0.2) is 18.4 Å². The van der Waals surface area contributed by atoms with Crippen LogP contribution in [0.15, 0.2) is 65.2 Å². The zero-order chi connectivity index (χ0) is 20.3. The molecule has 1 N–H and O–H groups in total. The second-order valence-corrected chi connectivity index (χ2v) is 9.03. The van der Waals surface area contributed by atoms with Crippen LogP contribution in [0.3, 0.4) is 0 Å². The average molecular weight is 436 g/mol. The average Bonchev–Trinajstić information content (AvgIpc) is 2.90. The molecule has 1 heterocycles. The van der Waals surface area contributed by atoms with E-state index in [4.69, 9.17) is 23.2 Å². The standard InChI is InChI=1S/C20H19Cl2N3O2S/c1-13(2)14-4-3-5-15(7-6-14)19-10-11-23-20(24-19)25-28(26,27)16-8-9-17(21)18(22)12-16/h4-13H,3H2,1-2H3,(H,23,24,25). The van der Waals surface area contributed by atoms with Crippen molar-refractivity contribution < 1.29 is 8.42 Å². The van der Waals surface area contributed by atoms with Gasteiger partial charge in [0, 0.05) is 6.20 Å². The Morgan fingerprint density at radius 3 is 2.57 bits per heavy atom. The number of hydrogen-bond donors (Lipinski definition) is 1. The van der Waals surface area contributed by atoms with Crippen molar-refractivity contribution in [3.8, 4) is 0 Å². The van der Waals surface area contributed by atoms with Crippen molar-refractivity contribution in [2.24, 2.45) is 5.92 Å². The van der Waals surface area contributed by atoms with Crippen LogP contribution in [-0.2, 0) is 10.0 Å². The van der Waals surface area contributed by atoms with Gasteiger partial charge in [0.05, 0.1) is 20.6 Å². The maximum Gasteiger partial charge on any atom is 0.264 e. The molecule has 1 aromatic heterocycles. The van der Waals surface area contributed by atoms with Crippen LogP contribution in [0.5, 0.6) is 0 Å². The lowest BCUT2D eigenvalue weighted by Crippen LogP contribution is -2.15. The zero-order valence-corrected chi connectivity index (χ0v) is 17.7. The lowest BCUT2D eigenvalue weighted by molar-refractivity contribution is 0.601. The molecule has 0 unspecified atom stereocenters. The number of aromatic nitrogens is 2. The summed E-state index contributed by atoms with van der Waals surface area (Å²) in [5, 5.41) is 0.432. The molecule has 2 aromatic rings. The lowest BCUT2D eigenvalue weighted by atomic mass is 10.0. The van der Waals surface area contributed by atoms with E-state index < -0.39 is 10.0 Å². The first-order valence-electron chi connectivity index (χ1n) is 8.66. The summed E-state index contributed by atoms with van der Waals surface area (Å²) in [5.74, 6) is 0.419. The van der Waals surface area contributed by atoms with Gasteiger partial charge in [0.1, 0.15) is 0 Å². The number of nitrogens with zero attached hydrogens (tertiary/aromatic N) is 2. The number of rotatable bonds is 5. The highest BCUT2D eigenvalue weighted by Gasteiger charge is 2.17. The summed E-state index contributed by atoms with van der Waals surface area (Å²) in [6.45, 7) is 4.28. The molecule has 28 heavy (non-hydrogen) atoms. The Hall–Kier alpha value is -2.15. The summed E-state index contributed by atoms with van der Waals surface area (Å²) in [4.78, 5) is 8.36. The smallest absolute Gasteiger partial charge is 0.247 e. The van der Waals surface area contributed by atoms with E-state index in [1.165, 1.54) is 30.0 Å². The minimum Gasteiger partial charge on any atom is -0.247 e. The number of sulfonamides is 1.